The first kappa shape index (κ1) is 15.6. The Morgan fingerprint density at radius 2 is 1.70 bits per heavy atom. The fourth-order valence-electron chi connectivity index (χ4n) is 2.52. The van der Waals surface area contributed by atoms with Crippen LogP contribution in [0, 0.1) is 6.92 Å². The molecule has 0 amide bonds. The predicted molar refractivity (Wildman–Crippen MR) is 92.4 cm³/mol. The van der Waals surface area contributed by atoms with Gasteiger partial charge in [-0.25, -0.2) is 13.1 Å². The van der Waals surface area contributed by atoms with E-state index >= 15 is 0 Å². The average Bonchev–Trinajstić information content (AvgIpc) is 2.55. The van der Waals surface area contributed by atoms with Crippen molar-refractivity contribution >= 4 is 20.9 Å². The number of hydrogen-bond acceptors (Lipinski definition) is 3. The van der Waals surface area contributed by atoms with Crippen LogP contribution in [-0.2, 0) is 22.3 Å². The van der Waals surface area contributed by atoms with Crippen molar-refractivity contribution in [1.82, 2.24) is 9.71 Å². The third kappa shape index (κ3) is 3.75. The highest BCUT2D eigenvalue weighted by molar-refractivity contribution is 7.88. The van der Waals surface area contributed by atoms with E-state index in [0.717, 1.165) is 27.6 Å². The Balaban J connectivity index is 1.78. The number of aryl methyl sites for hydroxylation is 1. The van der Waals surface area contributed by atoms with Gasteiger partial charge in [-0.05, 0) is 35.7 Å². The summed E-state index contributed by atoms with van der Waals surface area (Å²) in [5.74, 6) is -0.0112. The lowest BCUT2D eigenvalue weighted by molar-refractivity contribution is 0.580. The van der Waals surface area contributed by atoms with Gasteiger partial charge in [0.25, 0.3) is 0 Å². The number of fused-ring (bicyclic) bond motifs is 1. The van der Waals surface area contributed by atoms with Gasteiger partial charge in [0.05, 0.1) is 11.3 Å². The van der Waals surface area contributed by atoms with Crippen LogP contribution in [0.5, 0.6) is 0 Å². The summed E-state index contributed by atoms with van der Waals surface area (Å²) in [5.41, 5.74) is 3.58. The van der Waals surface area contributed by atoms with Gasteiger partial charge >= 0.3 is 0 Å². The lowest BCUT2D eigenvalue weighted by Gasteiger charge is -2.10. The Kier molecular flexibility index (Phi) is 4.41. The lowest BCUT2D eigenvalue weighted by Crippen LogP contribution is -2.25. The molecule has 0 aliphatic carbocycles. The number of rotatable bonds is 5. The van der Waals surface area contributed by atoms with Gasteiger partial charge < -0.3 is 0 Å². The van der Waals surface area contributed by atoms with Gasteiger partial charge in [0.15, 0.2) is 0 Å². The van der Waals surface area contributed by atoms with Crippen molar-refractivity contribution in [2.75, 3.05) is 0 Å². The number of sulfonamides is 1. The Morgan fingerprint density at radius 3 is 2.52 bits per heavy atom. The van der Waals surface area contributed by atoms with Gasteiger partial charge in [0.1, 0.15) is 0 Å². The lowest BCUT2D eigenvalue weighted by atomic mass is 10.1. The molecule has 2 aromatic carbocycles. The van der Waals surface area contributed by atoms with E-state index in [1.54, 1.807) is 6.20 Å². The summed E-state index contributed by atoms with van der Waals surface area (Å²) in [7, 11) is -3.39. The molecule has 0 saturated heterocycles. The largest absolute Gasteiger partial charge is 0.256 e. The predicted octanol–water partition coefficient (Wildman–Crippen LogP) is 3.16. The standard InChI is InChI=1S/C18H18N2O2S/c1-14-6-2-3-7-16(14)13-23(21,22)20-12-15-10-11-19-18-9-5-4-8-17(15)18/h2-11,20H,12-13H2,1H3. The number of para-hydroxylation sites is 1. The molecule has 0 radical (unpaired) electrons. The highest BCUT2D eigenvalue weighted by Gasteiger charge is 2.13. The van der Waals surface area contributed by atoms with Crippen molar-refractivity contribution in [2.24, 2.45) is 0 Å². The smallest absolute Gasteiger partial charge is 0.216 e. The van der Waals surface area contributed by atoms with Crippen LogP contribution in [0.15, 0.2) is 60.8 Å². The van der Waals surface area contributed by atoms with Crippen LogP contribution < -0.4 is 4.72 Å². The van der Waals surface area contributed by atoms with Gasteiger partial charge in [-0.1, -0.05) is 42.5 Å². The minimum Gasteiger partial charge on any atom is -0.256 e. The number of hydrogen-bond donors (Lipinski definition) is 1. The number of benzene rings is 2. The van der Waals surface area contributed by atoms with Crippen molar-refractivity contribution in [2.45, 2.75) is 19.2 Å². The van der Waals surface area contributed by atoms with Crippen LogP contribution in [0.4, 0.5) is 0 Å². The molecule has 0 aliphatic rings. The first-order valence-electron chi connectivity index (χ1n) is 7.40. The Bertz CT molecular complexity index is 931. The quantitative estimate of drug-likeness (QED) is 0.783. The van der Waals surface area contributed by atoms with E-state index in [9.17, 15) is 8.42 Å². The molecule has 0 fully saturated rings. The number of nitrogens with one attached hydrogen (secondary N) is 1. The number of nitrogens with zero attached hydrogens (tertiary/aromatic N) is 1. The summed E-state index contributed by atoms with van der Waals surface area (Å²) in [6, 6.07) is 17.1. The van der Waals surface area contributed by atoms with Crippen molar-refractivity contribution in [1.29, 1.82) is 0 Å². The SMILES string of the molecule is Cc1ccccc1CS(=O)(=O)NCc1ccnc2ccccc12. The molecule has 1 aromatic heterocycles. The molecule has 3 aromatic rings. The van der Waals surface area contributed by atoms with Crippen LogP contribution >= 0.6 is 0 Å². The summed E-state index contributed by atoms with van der Waals surface area (Å²) in [5, 5.41) is 0.966. The minimum absolute atomic E-state index is 0.0112. The van der Waals surface area contributed by atoms with Crippen LogP contribution in [0.2, 0.25) is 0 Å². The van der Waals surface area contributed by atoms with Crippen molar-refractivity contribution < 1.29 is 8.42 Å². The number of pyridine rings is 1. The van der Waals surface area contributed by atoms with Gasteiger partial charge in [0.2, 0.25) is 10.0 Å². The highest BCUT2D eigenvalue weighted by Crippen LogP contribution is 2.17. The Labute approximate surface area is 136 Å². The third-order valence-electron chi connectivity index (χ3n) is 3.83. The van der Waals surface area contributed by atoms with E-state index in [4.69, 9.17) is 0 Å². The topological polar surface area (TPSA) is 59.1 Å². The molecule has 0 bridgehead atoms. The molecule has 23 heavy (non-hydrogen) atoms. The Morgan fingerprint density at radius 1 is 0.957 bits per heavy atom. The second kappa shape index (κ2) is 6.48. The molecular formula is C18H18N2O2S. The van der Waals surface area contributed by atoms with Gasteiger partial charge in [0, 0.05) is 18.1 Å². The molecule has 118 valence electrons. The fourth-order valence-corrected chi connectivity index (χ4v) is 3.74. The second-order valence-corrected chi connectivity index (χ2v) is 7.30. The molecular weight excluding hydrogens is 308 g/mol. The first-order valence-corrected chi connectivity index (χ1v) is 9.05. The van der Waals surface area contributed by atoms with Crippen LogP contribution in [0.1, 0.15) is 16.7 Å². The van der Waals surface area contributed by atoms with Crippen LogP contribution in [0.3, 0.4) is 0 Å². The maximum atomic E-state index is 12.3. The number of aromatic nitrogens is 1. The van der Waals surface area contributed by atoms with Crippen molar-refractivity contribution in [3.63, 3.8) is 0 Å². The summed E-state index contributed by atoms with van der Waals surface area (Å²) in [4.78, 5) is 4.29. The molecule has 3 rings (SSSR count). The van der Waals surface area contributed by atoms with Gasteiger partial charge in [-0.3, -0.25) is 4.98 Å². The average molecular weight is 326 g/mol. The van der Waals surface area contributed by atoms with Crippen LogP contribution in [0.25, 0.3) is 10.9 Å². The second-order valence-electron chi connectivity index (χ2n) is 5.49. The maximum absolute atomic E-state index is 12.3. The summed E-state index contributed by atoms with van der Waals surface area (Å²) in [6.07, 6.45) is 1.70. The van der Waals surface area contributed by atoms with E-state index in [2.05, 4.69) is 9.71 Å². The Hall–Kier alpha value is -2.24. The third-order valence-corrected chi connectivity index (χ3v) is 5.10. The molecule has 0 unspecified atom stereocenters. The highest BCUT2D eigenvalue weighted by atomic mass is 32.2. The van der Waals surface area contributed by atoms with Gasteiger partial charge in [-0.15, -0.1) is 0 Å². The first-order chi connectivity index (χ1) is 11.1. The van der Waals surface area contributed by atoms with Crippen molar-refractivity contribution in [3.8, 4) is 0 Å². The summed E-state index contributed by atoms with van der Waals surface area (Å²) >= 11 is 0. The van der Waals surface area contributed by atoms with E-state index in [-0.39, 0.29) is 12.3 Å². The minimum atomic E-state index is -3.39. The van der Waals surface area contributed by atoms with Crippen molar-refractivity contribution in [3.05, 3.63) is 77.5 Å². The molecule has 1 heterocycles. The van der Waals surface area contributed by atoms with Crippen LogP contribution in [-0.4, -0.2) is 13.4 Å². The maximum Gasteiger partial charge on any atom is 0.216 e. The fraction of sp³-hybridized carbons (Fsp3) is 0.167. The van der Waals surface area contributed by atoms with E-state index < -0.39 is 10.0 Å². The molecule has 0 spiro atoms. The summed E-state index contributed by atoms with van der Waals surface area (Å²) in [6.45, 7) is 2.18. The van der Waals surface area contributed by atoms with E-state index in [1.165, 1.54) is 0 Å². The molecule has 1 N–H and O–H groups in total. The summed E-state index contributed by atoms with van der Waals surface area (Å²) < 4.78 is 27.4. The molecule has 5 heteroatoms. The zero-order valence-electron chi connectivity index (χ0n) is 12.9. The molecule has 0 atom stereocenters. The van der Waals surface area contributed by atoms with E-state index in [1.807, 2.05) is 61.5 Å². The monoisotopic (exact) mass is 326 g/mol. The normalized spacial score (nSPS) is 11.7. The molecule has 4 nitrogen and oxygen atoms in total. The van der Waals surface area contributed by atoms with Gasteiger partial charge in [-0.2, -0.15) is 0 Å². The molecule has 0 saturated carbocycles. The zero-order valence-corrected chi connectivity index (χ0v) is 13.7. The zero-order chi connectivity index (χ0) is 16.3. The van der Waals surface area contributed by atoms with E-state index in [0.29, 0.717) is 0 Å². The molecule has 0 aliphatic heterocycles.